The van der Waals surface area contributed by atoms with Gasteiger partial charge in [-0.2, -0.15) is 12.6 Å². The fraction of sp³-hybridized carbons (Fsp3) is 0.833. The summed E-state index contributed by atoms with van der Waals surface area (Å²) < 4.78 is -0.602. The van der Waals surface area contributed by atoms with Crippen LogP contribution in [-0.2, 0) is 4.79 Å². The summed E-state index contributed by atoms with van der Waals surface area (Å²) in [5.74, 6) is -0.0821. The summed E-state index contributed by atoms with van der Waals surface area (Å²) in [5.41, 5.74) is 5.18. The topological polar surface area (TPSA) is 55.1 Å². The van der Waals surface area contributed by atoms with Crippen LogP contribution in [0.5, 0.6) is 0 Å². The van der Waals surface area contributed by atoms with Gasteiger partial charge in [0.05, 0.1) is 4.75 Å². The van der Waals surface area contributed by atoms with Gasteiger partial charge >= 0.3 is 0 Å². The first-order valence-electron chi connectivity index (χ1n) is 3.19. The Morgan fingerprint density at radius 1 is 1.70 bits per heavy atom. The van der Waals surface area contributed by atoms with Crippen LogP contribution in [0.15, 0.2) is 0 Å². The van der Waals surface area contributed by atoms with Gasteiger partial charge in [0.15, 0.2) is 0 Å². The molecular weight excluding hydrogens is 148 g/mol. The summed E-state index contributed by atoms with van der Waals surface area (Å²) in [5, 5.41) is 2.63. The highest BCUT2D eigenvalue weighted by Gasteiger charge is 2.21. The van der Waals surface area contributed by atoms with E-state index in [1.165, 1.54) is 0 Å². The fourth-order valence-electron chi connectivity index (χ4n) is 0.402. The second kappa shape index (κ2) is 3.83. The van der Waals surface area contributed by atoms with E-state index in [4.69, 9.17) is 5.73 Å². The lowest BCUT2D eigenvalue weighted by molar-refractivity contribution is -0.122. The van der Waals surface area contributed by atoms with Gasteiger partial charge in [-0.25, -0.2) is 0 Å². The van der Waals surface area contributed by atoms with E-state index in [0.29, 0.717) is 13.1 Å². The summed E-state index contributed by atoms with van der Waals surface area (Å²) in [7, 11) is 0. The number of nitrogens with one attached hydrogen (secondary N) is 1. The van der Waals surface area contributed by atoms with Crippen LogP contribution in [-0.4, -0.2) is 23.7 Å². The molecule has 0 heterocycles. The van der Waals surface area contributed by atoms with Gasteiger partial charge in [0.25, 0.3) is 0 Å². The molecule has 0 saturated heterocycles. The summed E-state index contributed by atoms with van der Waals surface area (Å²) in [6, 6.07) is 0. The Morgan fingerprint density at radius 3 is 2.50 bits per heavy atom. The number of rotatable bonds is 3. The average Bonchev–Trinajstić information content (AvgIpc) is 1.80. The molecule has 0 aliphatic rings. The molecule has 0 aromatic rings. The lowest BCUT2D eigenvalue weighted by atomic mass is 10.2. The highest BCUT2D eigenvalue weighted by molar-refractivity contribution is 7.82. The monoisotopic (exact) mass is 162 g/mol. The molecule has 0 saturated carbocycles. The minimum absolute atomic E-state index is 0.0821. The smallest absolute Gasteiger partial charge is 0.235 e. The number of hydrogen-bond donors (Lipinski definition) is 3. The van der Waals surface area contributed by atoms with Gasteiger partial charge in [-0.05, 0) is 13.8 Å². The standard InChI is InChI=1S/C6H14N2OS/c1-6(2,10)5(9)8-4-3-7/h10H,3-4,7H2,1-2H3,(H,8,9). The summed E-state index contributed by atoms with van der Waals surface area (Å²) in [6.45, 7) is 4.46. The van der Waals surface area contributed by atoms with Crippen LogP contribution < -0.4 is 11.1 Å². The van der Waals surface area contributed by atoms with Crippen molar-refractivity contribution in [2.24, 2.45) is 5.73 Å². The zero-order valence-corrected chi connectivity index (χ0v) is 7.24. The Hall–Kier alpha value is -0.220. The van der Waals surface area contributed by atoms with Crippen LogP contribution in [0.1, 0.15) is 13.8 Å². The third-order valence-electron chi connectivity index (χ3n) is 0.986. The molecule has 0 aromatic heterocycles. The van der Waals surface area contributed by atoms with Gasteiger partial charge in [0.2, 0.25) is 5.91 Å². The second-order valence-electron chi connectivity index (χ2n) is 2.60. The number of hydrogen-bond acceptors (Lipinski definition) is 3. The molecule has 4 heteroatoms. The van der Waals surface area contributed by atoms with E-state index in [2.05, 4.69) is 17.9 Å². The van der Waals surface area contributed by atoms with Gasteiger partial charge in [0, 0.05) is 13.1 Å². The maximum absolute atomic E-state index is 11.0. The van der Waals surface area contributed by atoms with Crippen molar-refractivity contribution in [2.45, 2.75) is 18.6 Å². The molecule has 0 bridgehead atoms. The van der Waals surface area contributed by atoms with Gasteiger partial charge in [-0.3, -0.25) is 4.79 Å². The average molecular weight is 162 g/mol. The zero-order valence-electron chi connectivity index (χ0n) is 6.35. The first-order chi connectivity index (χ1) is 4.48. The molecule has 0 atom stereocenters. The van der Waals surface area contributed by atoms with Crippen molar-refractivity contribution in [3.8, 4) is 0 Å². The van der Waals surface area contributed by atoms with Crippen LogP contribution >= 0.6 is 12.6 Å². The van der Waals surface area contributed by atoms with Crippen molar-refractivity contribution >= 4 is 18.5 Å². The molecule has 0 aliphatic carbocycles. The number of thiol groups is 1. The molecule has 0 aliphatic heterocycles. The van der Waals surface area contributed by atoms with Crippen LogP contribution in [0, 0.1) is 0 Å². The number of amides is 1. The van der Waals surface area contributed by atoms with Crippen molar-refractivity contribution in [1.29, 1.82) is 0 Å². The third kappa shape index (κ3) is 3.74. The van der Waals surface area contributed by atoms with Crippen molar-refractivity contribution < 1.29 is 4.79 Å². The molecule has 3 N–H and O–H groups in total. The number of carbonyl (C=O) groups is 1. The highest BCUT2D eigenvalue weighted by atomic mass is 32.1. The molecule has 0 radical (unpaired) electrons. The molecule has 0 spiro atoms. The maximum Gasteiger partial charge on any atom is 0.235 e. The van der Waals surface area contributed by atoms with E-state index >= 15 is 0 Å². The lowest BCUT2D eigenvalue weighted by Gasteiger charge is -2.15. The van der Waals surface area contributed by atoms with E-state index in [9.17, 15) is 4.79 Å². The molecular formula is C6H14N2OS. The predicted octanol–water partition coefficient (Wildman–Crippen LogP) is -0.230. The normalized spacial score (nSPS) is 11.2. The number of carbonyl (C=O) groups excluding carboxylic acids is 1. The summed E-state index contributed by atoms with van der Waals surface area (Å²) in [6.07, 6.45) is 0. The Morgan fingerprint density at radius 2 is 2.20 bits per heavy atom. The minimum atomic E-state index is -0.602. The summed E-state index contributed by atoms with van der Waals surface area (Å²) in [4.78, 5) is 11.0. The molecule has 0 unspecified atom stereocenters. The summed E-state index contributed by atoms with van der Waals surface area (Å²) >= 11 is 4.07. The van der Waals surface area contributed by atoms with E-state index in [1.54, 1.807) is 13.8 Å². The van der Waals surface area contributed by atoms with Crippen LogP contribution in [0.2, 0.25) is 0 Å². The van der Waals surface area contributed by atoms with Crippen molar-refractivity contribution in [3.63, 3.8) is 0 Å². The van der Waals surface area contributed by atoms with E-state index in [0.717, 1.165) is 0 Å². The quantitative estimate of drug-likeness (QED) is 0.502. The van der Waals surface area contributed by atoms with Gasteiger partial charge in [-0.1, -0.05) is 0 Å². The van der Waals surface area contributed by atoms with E-state index in [-0.39, 0.29) is 5.91 Å². The lowest BCUT2D eigenvalue weighted by Crippen LogP contribution is -2.40. The third-order valence-corrected chi connectivity index (χ3v) is 1.19. The Kier molecular flexibility index (Phi) is 3.75. The van der Waals surface area contributed by atoms with Gasteiger partial charge in [-0.15, -0.1) is 0 Å². The molecule has 0 rings (SSSR count). The number of nitrogens with two attached hydrogens (primary N) is 1. The largest absolute Gasteiger partial charge is 0.354 e. The minimum Gasteiger partial charge on any atom is -0.354 e. The van der Waals surface area contributed by atoms with Crippen molar-refractivity contribution in [3.05, 3.63) is 0 Å². The highest BCUT2D eigenvalue weighted by Crippen LogP contribution is 2.10. The van der Waals surface area contributed by atoms with Crippen LogP contribution in [0.25, 0.3) is 0 Å². The molecule has 60 valence electrons. The van der Waals surface area contributed by atoms with Crippen LogP contribution in [0.4, 0.5) is 0 Å². The van der Waals surface area contributed by atoms with Crippen LogP contribution in [0.3, 0.4) is 0 Å². The molecule has 1 amide bonds. The molecule has 3 nitrogen and oxygen atoms in total. The Labute approximate surface area is 66.8 Å². The fourth-order valence-corrected chi connectivity index (χ4v) is 0.481. The maximum atomic E-state index is 11.0. The SMILES string of the molecule is CC(C)(S)C(=O)NCCN. The van der Waals surface area contributed by atoms with E-state index < -0.39 is 4.75 Å². The molecule has 10 heavy (non-hydrogen) atoms. The first kappa shape index (κ1) is 9.78. The predicted molar refractivity (Wildman–Crippen MR) is 45.1 cm³/mol. The Balaban J connectivity index is 3.64. The van der Waals surface area contributed by atoms with E-state index in [1.807, 2.05) is 0 Å². The van der Waals surface area contributed by atoms with Gasteiger partial charge in [0.1, 0.15) is 0 Å². The van der Waals surface area contributed by atoms with Crippen molar-refractivity contribution in [1.82, 2.24) is 5.32 Å². The van der Waals surface area contributed by atoms with Crippen molar-refractivity contribution in [2.75, 3.05) is 13.1 Å². The van der Waals surface area contributed by atoms with Gasteiger partial charge < -0.3 is 11.1 Å². The first-order valence-corrected chi connectivity index (χ1v) is 3.64. The molecule has 0 fully saturated rings. The zero-order chi connectivity index (χ0) is 8.20. The Bertz CT molecular complexity index is 119. The second-order valence-corrected chi connectivity index (χ2v) is 3.72. The molecule has 0 aromatic carbocycles.